The Kier molecular flexibility index (Phi) is 5.09. The number of ether oxygens (including phenoxy) is 2. The van der Waals surface area contributed by atoms with Crippen molar-refractivity contribution >= 4 is 11.9 Å². The molecule has 3 rings (SSSR count). The summed E-state index contributed by atoms with van der Waals surface area (Å²) in [5.74, 6) is -0.318. The van der Waals surface area contributed by atoms with Crippen LogP contribution in [-0.4, -0.2) is 49.2 Å². The van der Waals surface area contributed by atoms with Gasteiger partial charge in [-0.15, -0.1) is 0 Å². The lowest BCUT2D eigenvalue weighted by molar-refractivity contribution is -0.211. The Balaban J connectivity index is 2.52. The molecular formula is C18H31NO4. The summed E-state index contributed by atoms with van der Waals surface area (Å²) in [6.07, 6.45) is 2.42. The molecule has 0 aromatic heterocycles. The predicted molar refractivity (Wildman–Crippen MR) is 87.8 cm³/mol. The van der Waals surface area contributed by atoms with Crippen LogP contribution < -0.4 is 0 Å². The summed E-state index contributed by atoms with van der Waals surface area (Å²) in [5, 5.41) is 0. The van der Waals surface area contributed by atoms with Gasteiger partial charge in [0.1, 0.15) is 0 Å². The van der Waals surface area contributed by atoms with Crippen LogP contribution in [0, 0.1) is 16.7 Å². The van der Waals surface area contributed by atoms with Crippen LogP contribution in [0.15, 0.2) is 0 Å². The van der Waals surface area contributed by atoms with E-state index in [2.05, 4.69) is 25.7 Å². The molecule has 5 nitrogen and oxygen atoms in total. The SMILES string of the molecule is CCOC(=O)C1(C(=O)OCC)CC2(C)C(CC)CC1N(C)C2C. The number of esters is 2. The third kappa shape index (κ3) is 2.48. The van der Waals surface area contributed by atoms with Gasteiger partial charge in [0.15, 0.2) is 5.41 Å². The molecule has 1 saturated carbocycles. The van der Waals surface area contributed by atoms with E-state index in [0.29, 0.717) is 18.4 Å². The average molecular weight is 325 g/mol. The first-order valence-electron chi connectivity index (χ1n) is 8.85. The van der Waals surface area contributed by atoms with Crippen molar-refractivity contribution in [3.05, 3.63) is 0 Å². The smallest absolute Gasteiger partial charge is 0.325 e. The van der Waals surface area contributed by atoms with Crippen molar-refractivity contribution < 1.29 is 19.1 Å². The Bertz CT molecular complexity index is 456. The Morgan fingerprint density at radius 1 is 1.13 bits per heavy atom. The molecule has 23 heavy (non-hydrogen) atoms. The Morgan fingerprint density at radius 3 is 2.09 bits per heavy atom. The minimum Gasteiger partial charge on any atom is -0.465 e. The zero-order valence-corrected chi connectivity index (χ0v) is 15.3. The highest BCUT2D eigenvalue weighted by molar-refractivity contribution is 6.01. The van der Waals surface area contributed by atoms with Gasteiger partial charge in [-0.05, 0) is 52.0 Å². The molecule has 2 saturated heterocycles. The lowest BCUT2D eigenvalue weighted by Gasteiger charge is -2.64. The molecular weight excluding hydrogens is 294 g/mol. The van der Waals surface area contributed by atoms with Crippen molar-refractivity contribution in [3.63, 3.8) is 0 Å². The van der Waals surface area contributed by atoms with Crippen LogP contribution in [0.4, 0.5) is 0 Å². The Hall–Kier alpha value is -1.10. The summed E-state index contributed by atoms with van der Waals surface area (Å²) in [6, 6.07) is 0.172. The molecule has 2 aliphatic heterocycles. The summed E-state index contributed by atoms with van der Waals surface area (Å²) >= 11 is 0. The predicted octanol–water partition coefficient (Wildman–Crippen LogP) is 2.63. The molecule has 0 N–H and O–H groups in total. The highest BCUT2D eigenvalue weighted by Crippen LogP contribution is 2.60. The van der Waals surface area contributed by atoms with Gasteiger partial charge in [-0.25, -0.2) is 0 Å². The van der Waals surface area contributed by atoms with Crippen molar-refractivity contribution in [2.45, 2.75) is 66.0 Å². The number of piperidine rings is 2. The number of carbonyl (C=O) groups is 2. The molecule has 0 aromatic carbocycles. The molecule has 1 aliphatic carbocycles. The van der Waals surface area contributed by atoms with Crippen LogP contribution in [0.25, 0.3) is 0 Å². The standard InChI is InChI=1S/C18H31NO4/c1-7-13-10-14-18(15(20)22-8-2,16(21)23-9-3)11-17(13,5)12(4)19(14)6/h12-14H,7-11H2,1-6H3. The fourth-order valence-electron chi connectivity index (χ4n) is 4.99. The number of hydrogen-bond acceptors (Lipinski definition) is 5. The molecule has 2 bridgehead atoms. The summed E-state index contributed by atoms with van der Waals surface area (Å²) in [4.78, 5) is 27.9. The van der Waals surface area contributed by atoms with Crippen LogP contribution in [0.5, 0.6) is 0 Å². The fraction of sp³-hybridized carbons (Fsp3) is 0.889. The molecule has 3 fully saturated rings. The monoisotopic (exact) mass is 325 g/mol. The van der Waals surface area contributed by atoms with Gasteiger partial charge in [0, 0.05) is 12.1 Å². The van der Waals surface area contributed by atoms with Crippen molar-refractivity contribution in [2.24, 2.45) is 16.7 Å². The van der Waals surface area contributed by atoms with Crippen LogP contribution in [0.1, 0.15) is 53.9 Å². The molecule has 0 aromatic rings. The van der Waals surface area contributed by atoms with Gasteiger partial charge in [0.25, 0.3) is 0 Å². The number of hydrogen-bond donors (Lipinski definition) is 0. The highest BCUT2D eigenvalue weighted by Gasteiger charge is 2.69. The maximum absolute atomic E-state index is 12.9. The Morgan fingerprint density at radius 2 is 1.65 bits per heavy atom. The van der Waals surface area contributed by atoms with Crippen molar-refractivity contribution in [2.75, 3.05) is 20.3 Å². The van der Waals surface area contributed by atoms with E-state index < -0.39 is 17.4 Å². The van der Waals surface area contributed by atoms with Crippen LogP contribution >= 0.6 is 0 Å². The third-order valence-electron chi connectivity index (χ3n) is 6.50. The van der Waals surface area contributed by atoms with Gasteiger partial charge in [-0.3, -0.25) is 14.5 Å². The first kappa shape index (κ1) is 18.2. The van der Waals surface area contributed by atoms with E-state index in [4.69, 9.17) is 9.47 Å². The lowest BCUT2D eigenvalue weighted by atomic mass is 9.49. The average Bonchev–Trinajstić information content (AvgIpc) is 2.52. The van der Waals surface area contributed by atoms with Gasteiger partial charge >= 0.3 is 11.9 Å². The largest absolute Gasteiger partial charge is 0.465 e. The molecule has 132 valence electrons. The maximum atomic E-state index is 12.9. The molecule has 2 heterocycles. The van der Waals surface area contributed by atoms with Crippen LogP contribution in [0.2, 0.25) is 0 Å². The summed E-state index contributed by atoms with van der Waals surface area (Å²) in [6.45, 7) is 10.7. The van der Waals surface area contributed by atoms with E-state index in [0.717, 1.165) is 12.8 Å². The number of nitrogens with zero attached hydrogens (tertiary/aromatic N) is 1. The first-order chi connectivity index (χ1) is 10.8. The minimum atomic E-state index is -1.19. The quantitative estimate of drug-likeness (QED) is 0.574. The van der Waals surface area contributed by atoms with Gasteiger partial charge < -0.3 is 9.47 Å². The van der Waals surface area contributed by atoms with Crippen molar-refractivity contribution in [1.29, 1.82) is 0 Å². The topological polar surface area (TPSA) is 55.8 Å². The fourth-order valence-corrected chi connectivity index (χ4v) is 4.99. The van der Waals surface area contributed by atoms with Gasteiger partial charge in [-0.1, -0.05) is 20.3 Å². The van der Waals surface area contributed by atoms with E-state index in [9.17, 15) is 9.59 Å². The molecule has 5 heteroatoms. The van der Waals surface area contributed by atoms with E-state index >= 15 is 0 Å². The minimum absolute atomic E-state index is 0.0994. The van der Waals surface area contributed by atoms with Crippen LogP contribution in [0.3, 0.4) is 0 Å². The second-order valence-electron chi connectivity index (χ2n) is 7.29. The summed E-state index contributed by atoms with van der Waals surface area (Å²) < 4.78 is 10.7. The second kappa shape index (κ2) is 6.42. The normalized spacial score (nSPS) is 35.8. The molecule has 4 atom stereocenters. The molecule has 3 aliphatic rings. The number of fused-ring (bicyclic) bond motifs is 3. The molecule has 0 spiro atoms. The van der Waals surface area contributed by atoms with E-state index in [1.54, 1.807) is 13.8 Å². The molecule has 4 unspecified atom stereocenters. The second-order valence-corrected chi connectivity index (χ2v) is 7.29. The molecule has 0 amide bonds. The van der Waals surface area contributed by atoms with Crippen molar-refractivity contribution in [1.82, 2.24) is 4.90 Å². The third-order valence-corrected chi connectivity index (χ3v) is 6.50. The summed E-state index contributed by atoms with van der Waals surface area (Å²) in [5.41, 5.74) is -1.29. The zero-order valence-electron chi connectivity index (χ0n) is 15.3. The van der Waals surface area contributed by atoms with E-state index in [-0.39, 0.29) is 24.7 Å². The van der Waals surface area contributed by atoms with Gasteiger partial charge in [0.2, 0.25) is 0 Å². The maximum Gasteiger partial charge on any atom is 0.325 e. The van der Waals surface area contributed by atoms with Gasteiger partial charge in [-0.2, -0.15) is 0 Å². The number of carbonyl (C=O) groups excluding carboxylic acids is 2. The van der Waals surface area contributed by atoms with Crippen molar-refractivity contribution in [3.8, 4) is 0 Å². The molecule has 0 radical (unpaired) electrons. The highest BCUT2D eigenvalue weighted by atomic mass is 16.6. The Labute approximate surface area is 139 Å². The van der Waals surface area contributed by atoms with E-state index in [1.807, 2.05) is 7.05 Å². The van der Waals surface area contributed by atoms with Gasteiger partial charge in [0.05, 0.1) is 13.2 Å². The van der Waals surface area contributed by atoms with Crippen LogP contribution in [-0.2, 0) is 19.1 Å². The summed E-state index contributed by atoms with van der Waals surface area (Å²) in [7, 11) is 2.02. The first-order valence-corrected chi connectivity index (χ1v) is 8.85. The lowest BCUT2D eigenvalue weighted by Crippen LogP contribution is -2.72. The number of rotatable bonds is 5. The zero-order chi connectivity index (χ0) is 17.4. The van der Waals surface area contributed by atoms with E-state index in [1.165, 1.54) is 0 Å².